The third kappa shape index (κ3) is 2.71. The van der Waals surface area contributed by atoms with Crippen LogP contribution in [0.4, 0.5) is 4.39 Å². The highest BCUT2D eigenvalue weighted by Crippen LogP contribution is 2.18. The standard InChI is InChI=1S/C12H14BrFN2O2/c1-16(10-5-15-6-11(10)17)12(18)7-2-8(13)4-9(14)3-7/h2-4,10-11,15,17H,5-6H2,1H3/t10-,11-/m1/s1. The lowest BCUT2D eigenvalue weighted by molar-refractivity contribution is 0.0580. The van der Waals surface area contributed by atoms with Gasteiger partial charge in [-0.15, -0.1) is 0 Å². The molecule has 2 N–H and O–H groups in total. The molecule has 0 bridgehead atoms. The van der Waals surface area contributed by atoms with Gasteiger partial charge in [0.2, 0.25) is 0 Å². The molecule has 1 aliphatic rings. The van der Waals surface area contributed by atoms with Crippen LogP contribution in [0.1, 0.15) is 10.4 Å². The average molecular weight is 317 g/mol. The van der Waals surface area contributed by atoms with E-state index in [2.05, 4.69) is 21.2 Å². The molecule has 2 atom stereocenters. The first-order valence-corrected chi connectivity index (χ1v) is 6.40. The maximum Gasteiger partial charge on any atom is 0.254 e. The fourth-order valence-electron chi connectivity index (χ4n) is 2.08. The van der Waals surface area contributed by atoms with Crippen molar-refractivity contribution < 1.29 is 14.3 Å². The van der Waals surface area contributed by atoms with Crippen molar-refractivity contribution in [2.45, 2.75) is 12.1 Å². The zero-order chi connectivity index (χ0) is 13.3. The number of hydrogen-bond acceptors (Lipinski definition) is 3. The quantitative estimate of drug-likeness (QED) is 0.855. The van der Waals surface area contributed by atoms with Crippen molar-refractivity contribution in [1.29, 1.82) is 0 Å². The Labute approximate surface area is 113 Å². The number of aliphatic hydroxyl groups excluding tert-OH is 1. The zero-order valence-electron chi connectivity index (χ0n) is 9.86. The Bertz CT molecular complexity index is 449. The highest BCUT2D eigenvalue weighted by molar-refractivity contribution is 9.10. The molecule has 6 heteroatoms. The summed E-state index contributed by atoms with van der Waals surface area (Å²) in [6.45, 7) is 1.01. The summed E-state index contributed by atoms with van der Waals surface area (Å²) >= 11 is 3.15. The predicted molar refractivity (Wildman–Crippen MR) is 68.9 cm³/mol. The predicted octanol–water partition coefficient (Wildman–Crippen LogP) is 0.993. The number of β-amino-alcohol motifs (C(OH)–C–C–N with tert-alkyl or cyclic N) is 1. The summed E-state index contributed by atoms with van der Waals surface area (Å²) in [5, 5.41) is 12.7. The van der Waals surface area contributed by atoms with Gasteiger partial charge in [-0.05, 0) is 18.2 Å². The Morgan fingerprint density at radius 3 is 2.78 bits per heavy atom. The van der Waals surface area contributed by atoms with Crippen LogP contribution in [0.25, 0.3) is 0 Å². The molecule has 0 saturated carbocycles. The van der Waals surface area contributed by atoms with Gasteiger partial charge >= 0.3 is 0 Å². The van der Waals surface area contributed by atoms with Gasteiger partial charge < -0.3 is 15.3 Å². The lowest BCUT2D eigenvalue weighted by Crippen LogP contribution is -2.44. The van der Waals surface area contributed by atoms with Crippen LogP contribution in [0.15, 0.2) is 22.7 Å². The van der Waals surface area contributed by atoms with Gasteiger partial charge in [0.1, 0.15) is 5.82 Å². The van der Waals surface area contributed by atoms with Crippen LogP contribution in [0, 0.1) is 5.82 Å². The first-order chi connectivity index (χ1) is 8.49. The summed E-state index contributed by atoms with van der Waals surface area (Å²) in [7, 11) is 1.61. The SMILES string of the molecule is CN(C(=O)c1cc(F)cc(Br)c1)[C@@H]1CNC[C@H]1O. The van der Waals surface area contributed by atoms with Crippen LogP contribution in [0.2, 0.25) is 0 Å². The molecule has 1 saturated heterocycles. The van der Waals surface area contributed by atoms with Crippen LogP contribution in [-0.4, -0.2) is 48.2 Å². The molecular formula is C12H14BrFN2O2. The van der Waals surface area contributed by atoms with Crippen LogP contribution < -0.4 is 5.32 Å². The molecule has 2 rings (SSSR count). The maximum absolute atomic E-state index is 13.2. The van der Waals surface area contributed by atoms with Crippen LogP contribution >= 0.6 is 15.9 Å². The van der Waals surface area contributed by atoms with Gasteiger partial charge in [-0.2, -0.15) is 0 Å². The molecular weight excluding hydrogens is 303 g/mol. The van der Waals surface area contributed by atoms with E-state index in [0.29, 0.717) is 17.6 Å². The number of hydrogen-bond donors (Lipinski definition) is 2. The minimum Gasteiger partial charge on any atom is -0.390 e. The number of carbonyl (C=O) groups excluding carboxylic acids is 1. The number of aliphatic hydroxyl groups is 1. The van der Waals surface area contributed by atoms with Gasteiger partial charge in [-0.25, -0.2) is 4.39 Å². The molecule has 1 amide bonds. The first-order valence-electron chi connectivity index (χ1n) is 5.61. The Kier molecular flexibility index (Phi) is 3.99. The summed E-state index contributed by atoms with van der Waals surface area (Å²) in [4.78, 5) is 13.6. The van der Waals surface area contributed by atoms with E-state index in [4.69, 9.17) is 0 Å². The number of amides is 1. The van der Waals surface area contributed by atoms with Gasteiger partial charge in [-0.3, -0.25) is 4.79 Å². The van der Waals surface area contributed by atoms with E-state index >= 15 is 0 Å². The van der Waals surface area contributed by atoms with Crippen molar-refractivity contribution >= 4 is 21.8 Å². The van der Waals surface area contributed by atoms with Gasteiger partial charge in [0.05, 0.1) is 12.1 Å². The Morgan fingerprint density at radius 1 is 1.50 bits per heavy atom. The van der Waals surface area contributed by atoms with E-state index in [1.807, 2.05) is 0 Å². The molecule has 1 aromatic carbocycles. The third-order valence-corrected chi connectivity index (χ3v) is 3.54. The summed E-state index contributed by atoms with van der Waals surface area (Å²) in [6, 6.07) is 3.78. The molecule has 0 radical (unpaired) electrons. The molecule has 1 heterocycles. The van der Waals surface area contributed by atoms with E-state index in [1.165, 1.54) is 17.0 Å². The van der Waals surface area contributed by atoms with Crippen LogP contribution in [0.5, 0.6) is 0 Å². The fourth-order valence-corrected chi connectivity index (χ4v) is 2.54. The van der Waals surface area contributed by atoms with Gasteiger partial charge in [0.15, 0.2) is 0 Å². The summed E-state index contributed by atoms with van der Waals surface area (Å²) in [5.74, 6) is -0.769. The average Bonchev–Trinajstić information content (AvgIpc) is 2.72. The Hall–Kier alpha value is -0.980. The number of rotatable bonds is 2. The van der Waals surface area contributed by atoms with Crippen molar-refractivity contribution in [3.8, 4) is 0 Å². The first kappa shape index (κ1) is 13.5. The molecule has 1 fully saturated rings. The number of nitrogens with one attached hydrogen (secondary N) is 1. The Balaban J connectivity index is 2.19. The third-order valence-electron chi connectivity index (χ3n) is 3.08. The van der Waals surface area contributed by atoms with E-state index in [9.17, 15) is 14.3 Å². The van der Waals surface area contributed by atoms with Crippen LogP contribution in [-0.2, 0) is 0 Å². The minimum absolute atomic E-state index is 0.267. The van der Waals surface area contributed by atoms with E-state index < -0.39 is 11.9 Å². The molecule has 1 aromatic rings. The summed E-state index contributed by atoms with van der Waals surface area (Å²) in [6.07, 6.45) is -0.587. The van der Waals surface area contributed by atoms with Crippen molar-refractivity contribution in [3.05, 3.63) is 34.1 Å². The van der Waals surface area contributed by atoms with E-state index in [0.717, 1.165) is 0 Å². The monoisotopic (exact) mass is 316 g/mol. The minimum atomic E-state index is -0.587. The van der Waals surface area contributed by atoms with E-state index in [1.54, 1.807) is 13.1 Å². The summed E-state index contributed by atoms with van der Waals surface area (Å²) in [5.41, 5.74) is 0.267. The molecule has 0 aromatic heterocycles. The molecule has 0 spiro atoms. The second kappa shape index (κ2) is 5.34. The van der Waals surface area contributed by atoms with Crippen molar-refractivity contribution in [1.82, 2.24) is 10.2 Å². The number of carbonyl (C=O) groups is 1. The van der Waals surface area contributed by atoms with E-state index in [-0.39, 0.29) is 17.5 Å². The number of nitrogens with zero attached hydrogens (tertiary/aromatic N) is 1. The maximum atomic E-state index is 13.2. The molecule has 18 heavy (non-hydrogen) atoms. The topological polar surface area (TPSA) is 52.6 Å². The van der Waals surface area contributed by atoms with Crippen molar-refractivity contribution in [2.24, 2.45) is 0 Å². The van der Waals surface area contributed by atoms with Gasteiger partial charge in [-0.1, -0.05) is 15.9 Å². The van der Waals surface area contributed by atoms with Gasteiger partial charge in [0, 0.05) is 30.2 Å². The summed E-state index contributed by atoms with van der Waals surface area (Å²) < 4.78 is 13.8. The normalized spacial score (nSPS) is 23.1. The van der Waals surface area contributed by atoms with Gasteiger partial charge in [0.25, 0.3) is 5.91 Å². The van der Waals surface area contributed by atoms with Crippen LogP contribution in [0.3, 0.4) is 0 Å². The molecule has 0 unspecified atom stereocenters. The molecule has 1 aliphatic heterocycles. The second-order valence-electron chi connectivity index (χ2n) is 4.37. The van der Waals surface area contributed by atoms with Crippen molar-refractivity contribution in [2.75, 3.05) is 20.1 Å². The lowest BCUT2D eigenvalue weighted by atomic mass is 10.1. The molecule has 4 nitrogen and oxygen atoms in total. The largest absolute Gasteiger partial charge is 0.390 e. The highest BCUT2D eigenvalue weighted by atomic mass is 79.9. The number of benzene rings is 1. The zero-order valence-corrected chi connectivity index (χ0v) is 11.4. The highest BCUT2D eigenvalue weighted by Gasteiger charge is 2.31. The molecule has 98 valence electrons. The fraction of sp³-hybridized carbons (Fsp3) is 0.417. The smallest absolute Gasteiger partial charge is 0.254 e. The second-order valence-corrected chi connectivity index (χ2v) is 5.28. The number of likely N-dealkylation sites (N-methyl/N-ethyl adjacent to an activating group) is 1. The lowest BCUT2D eigenvalue weighted by Gasteiger charge is -2.26. The van der Waals surface area contributed by atoms with Crippen molar-refractivity contribution in [3.63, 3.8) is 0 Å². The Morgan fingerprint density at radius 2 is 2.22 bits per heavy atom. The number of halogens is 2. The molecule has 0 aliphatic carbocycles.